The van der Waals surface area contributed by atoms with E-state index in [-0.39, 0.29) is 0 Å². The first-order chi connectivity index (χ1) is 9.38. The Morgan fingerprint density at radius 3 is 2.42 bits per heavy atom. The second kappa shape index (κ2) is 8.18. The Bertz CT molecular complexity index is 344. The minimum absolute atomic E-state index is 0.574. The molecule has 0 bridgehead atoms. The molecule has 1 saturated carbocycles. The van der Waals surface area contributed by atoms with Gasteiger partial charge in [0.2, 0.25) is 0 Å². The zero-order chi connectivity index (χ0) is 13.3. The van der Waals surface area contributed by atoms with Gasteiger partial charge in [-0.25, -0.2) is 0 Å². The quantitative estimate of drug-likeness (QED) is 0.769. The van der Waals surface area contributed by atoms with Crippen molar-refractivity contribution in [2.24, 2.45) is 11.7 Å². The summed E-state index contributed by atoms with van der Waals surface area (Å²) in [5, 5.41) is 0. The maximum absolute atomic E-state index is 5.69. The molecule has 1 fully saturated rings. The van der Waals surface area contributed by atoms with Gasteiger partial charge < -0.3 is 15.2 Å². The molecule has 0 aliphatic heterocycles. The van der Waals surface area contributed by atoms with Crippen LogP contribution in [-0.2, 0) is 11.3 Å². The summed E-state index contributed by atoms with van der Waals surface area (Å²) in [4.78, 5) is 0. The molecule has 106 valence electrons. The van der Waals surface area contributed by atoms with Crippen molar-refractivity contribution in [2.45, 2.75) is 38.6 Å². The molecule has 1 aliphatic rings. The van der Waals surface area contributed by atoms with E-state index in [9.17, 15) is 0 Å². The lowest BCUT2D eigenvalue weighted by Crippen LogP contribution is -2.16. The van der Waals surface area contributed by atoms with E-state index in [1.165, 1.54) is 32.1 Å². The summed E-state index contributed by atoms with van der Waals surface area (Å²) in [5.74, 6) is 1.66. The standard InChI is InChI=1S/C16H25NO2/c17-12-14-6-8-16(9-7-14)19-11-10-18-13-15-4-2-1-3-5-15/h6-9,15H,1-5,10-13,17H2. The van der Waals surface area contributed by atoms with E-state index in [0.29, 0.717) is 19.8 Å². The summed E-state index contributed by atoms with van der Waals surface area (Å²) in [6.45, 7) is 2.77. The molecule has 0 unspecified atom stereocenters. The van der Waals surface area contributed by atoms with Crippen molar-refractivity contribution in [1.29, 1.82) is 0 Å². The lowest BCUT2D eigenvalue weighted by Gasteiger charge is -2.21. The van der Waals surface area contributed by atoms with E-state index in [1.807, 2.05) is 24.3 Å². The molecule has 3 heteroatoms. The van der Waals surface area contributed by atoms with E-state index in [4.69, 9.17) is 15.2 Å². The second-order valence-electron chi connectivity index (χ2n) is 5.28. The van der Waals surface area contributed by atoms with Crippen LogP contribution in [0.15, 0.2) is 24.3 Å². The van der Waals surface area contributed by atoms with Crippen molar-refractivity contribution >= 4 is 0 Å². The Kier molecular flexibility index (Phi) is 6.18. The van der Waals surface area contributed by atoms with Crippen molar-refractivity contribution in [2.75, 3.05) is 19.8 Å². The number of hydrogen-bond donors (Lipinski definition) is 1. The van der Waals surface area contributed by atoms with Gasteiger partial charge in [-0.15, -0.1) is 0 Å². The van der Waals surface area contributed by atoms with Gasteiger partial charge in [0.05, 0.1) is 6.61 Å². The molecule has 19 heavy (non-hydrogen) atoms. The van der Waals surface area contributed by atoms with Crippen molar-refractivity contribution in [1.82, 2.24) is 0 Å². The van der Waals surface area contributed by atoms with Crippen LogP contribution < -0.4 is 10.5 Å². The van der Waals surface area contributed by atoms with Crippen LogP contribution in [0.3, 0.4) is 0 Å². The summed E-state index contributed by atoms with van der Waals surface area (Å²) in [6, 6.07) is 7.92. The normalized spacial score (nSPS) is 16.5. The molecule has 0 amide bonds. The monoisotopic (exact) mass is 263 g/mol. The summed E-state index contributed by atoms with van der Waals surface area (Å²) in [7, 11) is 0. The van der Waals surface area contributed by atoms with E-state index in [0.717, 1.165) is 23.8 Å². The molecule has 0 aromatic heterocycles. The van der Waals surface area contributed by atoms with E-state index in [2.05, 4.69) is 0 Å². The summed E-state index contributed by atoms with van der Waals surface area (Å²) in [6.07, 6.45) is 6.82. The van der Waals surface area contributed by atoms with Gasteiger partial charge in [0.15, 0.2) is 0 Å². The summed E-state index contributed by atoms with van der Waals surface area (Å²) in [5.41, 5.74) is 6.68. The second-order valence-corrected chi connectivity index (χ2v) is 5.28. The SMILES string of the molecule is NCc1ccc(OCCOCC2CCCCC2)cc1. The molecule has 1 aliphatic carbocycles. The Hall–Kier alpha value is -1.06. The maximum Gasteiger partial charge on any atom is 0.119 e. The predicted octanol–water partition coefficient (Wildman–Crippen LogP) is 3.12. The molecular formula is C16H25NO2. The van der Waals surface area contributed by atoms with Crippen LogP contribution in [0.25, 0.3) is 0 Å². The van der Waals surface area contributed by atoms with Gasteiger partial charge in [0.25, 0.3) is 0 Å². The van der Waals surface area contributed by atoms with E-state index in [1.54, 1.807) is 0 Å². The largest absolute Gasteiger partial charge is 0.491 e. The highest BCUT2D eigenvalue weighted by Gasteiger charge is 2.12. The first-order valence-electron chi connectivity index (χ1n) is 7.38. The van der Waals surface area contributed by atoms with Crippen LogP contribution in [-0.4, -0.2) is 19.8 Å². The third kappa shape index (κ3) is 5.21. The summed E-state index contributed by atoms with van der Waals surface area (Å²) >= 11 is 0. The first-order valence-corrected chi connectivity index (χ1v) is 7.38. The molecule has 0 radical (unpaired) electrons. The lowest BCUT2D eigenvalue weighted by molar-refractivity contribution is 0.0635. The number of rotatable bonds is 7. The zero-order valence-electron chi connectivity index (χ0n) is 11.6. The molecule has 0 atom stereocenters. The predicted molar refractivity (Wildman–Crippen MR) is 77.2 cm³/mol. The lowest BCUT2D eigenvalue weighted by atomic mass is 9.90. The van der Waals surface area contributed by atoms with Crippen molar-refractivity contribution in [3.05, 3.63) is 29.8 Å². The molecule has 3 nitrogen and oxygen atoms in total. The molecule has 1 aromatic carbocycles. The van der Waals surface area contributed by atoms with Crippen LogP contribution in [0.2, 0.25) is 0 Å². The minimum Gasteiger partial charge on any atom is -0.491 e. The van der Waals surface area contributed by atoms with Crippen molar-refractivity contribution < 1.29 is 9.47 Å². The smallest absolute Gasteiger partial charge is 0.119 e. The first kappa shape index (κ1) is 14.4. The molecular weight excluding hydrogens is 238 g/mol. The van der Waals surface area contributed by atoms with Crippen LogP contribution in [0.1, 0.15) is 37.7 Å². The maximum atomic E-state index is 5.69. The number of benzene rings is 1. The van der Waals surface area contributed by atoms with Gasteiger partial charge in [0.1, 0.15) is 12.4 Å². The molecule has 2 rings (SSSR count). The highest BCUT2D eigenvalue weighted by Crippen LogP contribution is 2.23. The Morgan fingerprint density at radius 1 is 1.00 bits per heavy atom. The minimum atomic E-state index is 0.574. The highest BCUT2D eigenvalue weighted by molar-refractivity contribution is 5.26. The zero-order valence-corrected chi connectivity index (χ0v) is 11.6. The number of nitrogens with two attached hydrogens (primary N) is 1. The molecule has 0 spiro atoms. The van der Waals surface area contributed by atoms with Gasteiger partial charge in [-0.2, -0.15) is 0 Å². The third-order valence-electron chi connectivity index (χ3n) is 3.73. The Morgan fingerprint density at radius 2 is 1.74 bits per heavy atom. The Balaban J connectivity index is 1.55. The molecule has 0 heterocycles. The van der Waals surface area contributed by atoms with Crippen LogP contribution in [0.4, 0.5) is 0 Å². The number of hydrogen-bond acceptors (Lipinski definition) is 3. The van der Waals surface area contributed by atoms with E-state index >= 15 is 0 Å². The van der Waals surface area contributed by atoms with Gasteiger partial charge >= 0.3 is 0 Å². The van der Waals surface area contributed by atoms with Gasteiger partial charge in [-0.3, -0.25) is 0 Å². The fourth-order valence-electron chi connectivity index (χ4n) is 2.54. The van der Waals surface area contributed by atoms with Crippen LogP contribution in [0, 0.1) is 5.92 Å². The van der Waals surface area contributed by atoms with Crippen molar-refractivity contribution in [3.63, 3.8) is 0 Å². The van der Waals surface area contributed by atoms with E-state index < -0.39 is 0 Å². The average Bonchev–Trinajstić information content (AvgIpc) is 2.49. The van der Waals surface area contributed by atoms with Crippen molar-refractivity contribution in [3.8, 4) is 5.75 Å². The Labute approximate surface area is 116 Å². The van der Waals surface area contributed by atoms with Gasteiger partial charge in [-0.05, 0) is 36.5 Å². The fourth-order valence-corrected chi connectivity index (χ4v) is 2.54. The number of ether oxygens (including phenoxy) is 2. The van der Waals surface area contributed by atoms with Crippen LogP contribution in [0.5, 0.6) is 5.75 Å². The summed E-state index contributed by atoms with van der Waals surface area (Å²) < 4.78 is 11.3. The fraction of sp³-hybridized carbons (Fsp3) is 0.625. The third-order valence-corrected chi connectivity index (χ3v) is 3.73. The van der Waals surface area contributed by atoms with Gasteiger partial charge in [0, 0.05) is 13.2 Å². The highest BCUT2D eigenvalue weighted by atomic mass is 16.5. The topological polar surface area (TPSA) is 44.5 Å². The average molecular weight is 263 g/mol. The van der Waals surface area contributed by atoms with Gasteiger partial charge in [-0.1, -0.05) is 31.4 Å². The molecule has 2 N–H and O–H groups in total. The molecule has 0 saturated heterocycles. The molecule has 1 aromatic rings. The van der Waals surface area contributed by atoms with Crippen LogP contribution >= 0.6 is 0 Å².